The van der Waals surface area contributed by atoms with Crippen LogP contribution < -0.4 is 15.2 Å². The van der Waals surface area contributed by atoms with E-state index in [0.29, 0.717) is 33.2 Å². The van der Waals surface area contributed by atoms with Crippen molar-refractivity contribution in [3.63, 3.8) is 0 Å². The van der Waals surface area contributed by atoms with Gasteiger partial charge < -0.3 is 20.0 Å². The first-order valence-electron chi connectivity index (χ1n) is 6.66. The van der Waals surface area contributed by atoms with E-state index >= 15 is 0 Å². The third kappa shape index (κ3) is 2.89. The number of ether oxygens (including phenoxy) is 1. The van der Waals surface area contributed by atoms with Crippen LogP contribution in [0.25, 0.3) is 10.9 Å². The van der Waals surface area contributed by atoms with Gasteiger partial charge in [-0.05, 0) is 24.3 Å². The van der Waals surface area contributed by atoms with Gasteiger partial charge in [-0.15, -0.1) is 0 Å². The summed E-state index contributed by atoms with van der Waals surface area (Å²) < 4.78 is 5.27. The van der Waals surface area contributed by atoms with Gasteiger partial charge in [0.05, 0.1) is 29.7 Å². The number of hydrogen-bond donors (Lipinski definition) is 1. The number of carboxylic acid groups (broad SMARTS) is 1. The molecular formula is C16H11ClN3O3-. The van der Waals surface area contributed by atoms with Crippen molar-refractivity contribution in [2.75, 3.05) is 12.4 Å². The Hall–Kier alpha value is -2.86. The zero-order valence-electron chi connectivity index (χ0n) is 12.0. The van der Waals surface area contributed by atoms with E-state index in [2.05, 4.69) is 15.3 Å². The van der Waals surface area contributed by atoms with E-state index in [-0.39, 0.29) is 5.56 Å². The summed E-state index contributed by atoms with van der Waals surface area (Å²) in [5.74, 6) is -0.422. The average Bonchev–Trinajstić information content (AvgIpc) is 2.54. The van der Waals surface area contributed by atoms with Crippen LogP contribution in [0, 0.1) is 0 Å². The number of nitrogens with one attached hydrogen (secondary N) is 1. The molecule has 0 unspecified atom stereocenters. The van der Waals surface area contributed by atoms with E-state index in [1.165, 1.54) is 19.5 Å². The SMILES string of the molecule is COc1ccc(Cl)cc1Nc1ncnc2cccc(C(=O)[O-])c12. The molecule has 1 aromatic heterocycles. The monoisotopic (exact) mass is 328 g/mol. The first-order valence-corrected chi connectivity index (χ1v) is 7.03. The quantitative estimate of drug-likeness (QED) is 0.791. The average molecular weight is 329 g/mol. The maximum Gasteiger partial charge on any atom is 0.142 e. The third-order valence-electron chi connectivity index (χ3n) is 3.30. The highest BCUT2D eigenvalue weighted by Gasteiger charge is 2.12. The van der Waals surface area contributed by atoms with Crippen LogP contribution in [0.1, 0.15) is 10.4 Å². The summed E-state index contributed by atoms with van der Waals surface area (Å²) in [5.41, 5.74) is 1.06. The number of carbonyl (C=O) groups excluding carboxylic acids is 1. The number of methoxy groups -OCH3 is 1. The van der Waals surface area contributed by atoms with Gasteiger partial charge in [0, 0.05) is 10.6 Å². The number of carboxylic acids is 1. The van der Waals surface area contributed by atoms with Crippen LogP contribution >= 0.6 is 11.6 Å². The maximum absolute atomic E-state index is 11.4. The minimum atomic E-state index is -1.30. The molecule has 0 amide bonds. The second-order valence-corrected chi connectivity index (χ2v) is 5.12. The van der Waals surface area contributed by atoms with Crippen molar-refractivity contribution in [1.29, 1.82) is 0 Å². The highest BCUT2D eigenvalue weighted by atomic mass is 35.5. The smallest absolute Gasteiger partial charge is 0.142 e. The summed E-state index contributed by atoms with van der Waals surface area (Å²) in [7, 11) is 1.53. The lowest BCUT2D eigenvalue weighted by molar-refractivity contribution is -0.254. The molecule has 6 nitrogen and oxygen atoms in total. The summed E-state index contributed by atoms with van der Waals surface area (Å²) >= 11 is 6.01. The van der Waals surface area contributed by atoms with Gasteiger partial charge in [0.25, 0.3) is 0 Å². The molecule has 0 aliphatic heterocycles. The number of anilines is 2. The van der Waals surface area contributed by atoms with E-state index in [4.69, 9.17) is 16.3 Å². The first kappa shape index (κ1) is 15.1. The van der Waals surface area contributed by atoms with Crippen molar-refractivity contribution >= 4 is 40.0 Å². The molecule has 116 valence electrons. The molecule has 0 aliphatic carbocycles. The Bertz CT molecular complexity index is 894. The van der Waals surface area contributed by atoms with E-state index in [0.717, 1.165) is 0 Å². The topological polar surface area (TPSA) is 87.2 Å². The maximum atomic E-state index is 11.4. The number of rotatable bonds is 4. The van der Waals surface area contributed by atoms with Crippen LogP contribution in [-0.4, -0.2) is 23.0 Å². The molecule has 1 N–H and O–H groups in total. The van der Waals surface area contributed by atoms with E-state index < -0.39 is 5.97 Å². The molecule has 3 rings (SSSR count). The van der Waals surface area contributed by atoms with Crippen molar-refractivity contribution in [3.05, 3.63) is 53.3 Å². The Kier molecular flexibility index (Phi) is 3.99. The molecular weight excluding hydrogens is 318 g/mol. The predicted molar refractivity (Wildman–Crippen MR) is 85.2 cm³/mol. The fraction of sp³-hybridized carbons (Fsp3) is 0.0625. The fourth-order valence-corrected chi connectivity index (χ4v) is 2.45. The number of fused-ring (bicyclic) bond motifs is 1. The second kappa shape index (κ2) is 6.10. The molecule has 3 aromatic rings. The molecule has 7 heteroatoms. The number of benzene rings is 2. The van der Waals surface area contributed by atoms with Crippen LogP contribution in [0.15, 0.2) is 42.7 Å². The van der Waals surface area contributed by atoms with Crippen LogP contribution in [0.3, 0.4) is 0 Å². The highest BCUT2D eigenvalue weighted by molar-refractivity contribution is 6.31. The molecule has 0 aliphatic rings. The molecule has 1 heterocycles. The Morgan fingerprint density at radius 2 is 2.09 bits per heavy atom. The van der Waals surface area contributed by atoms with Crippen LogP contribution in [-0.2, 0) is 0 Å². The summed E-state index contributed by atoms with van der Waals surface area (Å²) in [6.07, 6.45) is 1.35. The van der Waals surface area contributed by atoms with Gasteiger partial charge in [-0.2, -0.15) is 0 Å². The first-order chi connectivity index (χ1) is 11.1. The van der Waals surface area contributed by atoms with Gasteiger partial charge in [-0.3, -0.25) is 0 Å². The van der Waals surface area contributed by atoms with Gasteiger partial charge in [0.1, 0.15) is 17.9 Å². The Balaban J connectivity index is 2.18. The summed E-state index contributed by atoms with van der Waals surface area (Å²) in [6, 6.07) is 9.80. The van der Waals surface area contributed by atoms with Crippen molar-refractivity contribution in [3.8, 4) is 5.75 Å². The zero-order valence-corrected chi connectivity index (χ0v) is 12.8. The van der Waals surface area contributed by atoms with Crippen molar-refractivity contribution in [1.82, 2.24) is 9.97 Å². The minimum Gasteiger partial charge on any atom is -0.545 e. The molecule has 0 bridgehead atoms. The summed E-state index contributed by atoms with van der Waals surface area (Å²) in [4.78, 5) is 19.6. The van der Waals surface area contributed by atoms with Crippen molar-refractivity contribution < 1.29 is 14.6 Å². The fourth-order valence-electron chi connectivity index (χ4n) is 2.28. The predicted octanol–water partition coefficient (Wildman–Crippen LogP) is 2.40. The van der Waals surface area contributed by atoms with Gasteiger partial charge in [0.15, 0.2) is 0 Å². The lowest BCUT2D eigenvalue weighted by atomic mass is 10.1. The molecule has 23 heavy (non-hydrogen) atoms. The zero-order chi connectivity index (χ0) is 16.4. The summed E-state index contributed by atoms with van der Waals surface area (Å²) in [6.45, 7) is 0. The standard InChI is InChI=1S/C16H12ClN3O3/c1-23-13-6-5-9(17)7-12(13)20-15-14-10(16(21)22)3-2-4-11(14)18-8-19-15/h2-8H,1H3,(H,21,22)(H,18,19,20)/p-1. The second-order valence-electron chi connectivity index (χ2n) is 4.68. The number of halogens is 1. The van der Waals surface area contributed by atoms with E-state index in [1.807, 2.05) is 0 Å². The number of carbonyl (C=O) groups is 1. The molecule has 0 saturated heterocycles. The Morgan fingerprint density at radius 1 is 1.26 bits per heavy atom. The molecule has 0 radical (unpaired) electrons. The molecule has 2 aromatic carbocycles. The van der Waals surface area contributed by atoms with Gasteiger partial charge >= 0.3 is 0 Å². The summed E-state index contributed by atoms with van der Waals surface area (Å²) in [5, 5.41) is 15.3. The number of hydrogen-bond acceptors (Lipinski definition) is 6. The molecule has 0 spiro atoms. The van der Waals surface area contributed by atoms with Crippen LogP contribution in [0.5, 0.6) is 5.75 Å². The van der Waals surface area contributed by atoms with Gasteiger partial charge in [-0.1, -0.05) is 23.7 Å². The van der Waals surface area contributed by atoms with E-state index in [1.54, 1.807) is 30.3 Å². The molecule has 0 fully saturated rings. The lowest BCUT2D eigenvalue weighted by Crippen LogP contribution is -2.22. The Labute approximate surface area is 136 Å². The highest BCUT2D eigenvalue weighted by Crippen LogP contribution is 2.32. The lowest BCUT2D eigenvalue weighted by Gasteiger charge is -2.14. The van der Waals surface area contributed by atoms with Gasteiger partial charge in [0.2, 0.25) is 0 Å². The van der Waals surface area contributed by atoms with E-state index in [9.17, 15) is 9.90 Å². The van der Waals surface area contributed by atoms with Crippen molar-refractivity contribution in [2.45, 2.75) is 0 Å². The normalized spacial score (nSPS) is 10.5. The number of aromatic carboxylic acids is 1. The minimum absolute atomic E-state index is 0.00611. The number of nitrogens with zero attached hydrogens (tertiary/aromatic N) is 2. The number of aromatic nitrogens is 2. The largest absolute Gasteiger partial charge is 0.545 e. The molecule has 0 saturated carbocycles. The van der Waals surface area contributed by atoms with Crippen molar-refractivity contribution in [2.24, 2.45) is 0 Å². The van der Waals surface area contributed by atoms with Gasteiger partial charge in [-0.25, -0.2) is 9.97 Å². The van der Waals surface area contributed by atoms with Crippen LogP contribution in [0.4, 0.5) is 11.5 Å². The Morgan fingerprint density at radius 3 is 2.83 bits per heavy atom. The van der Waals surface area contributed by atoms with Crippen LogP contribution in [0.2, 0.25) is 5.02 Å². The molecule has 0 atom stereocenters. The third-order valence-corrected chi connectivity index (χ3v) is 3.53.